The minimum atomic E-state index is -0.687. The van der Waals surface area contributed by atoms with Crippen molar-refractivity contribution in [3.63, 3.8) is 0 Å². The van der Waals surface area contributed by atoms with Crippen molar-refractivity contribution in [3.05, 3.63) is 54.2 Å². The largest absolute Gasteiger partial charge is 0.467 e. The van der Waals surface area contributed by atoms with Crippen LogP contribution in [0.3, 0.4) is 0 Å². The molecule has 0 aromatic carbocycles. The number of ether oxygens (including phenoxy) is 1. The lowest BCUT2D eigenvalue weighted by atomic mass is 10.1. The van der Waals surface area contributed by atoms with E-state index in [4.69, 9.17) is 9.15 Å². The molecule has 1 unspecified atom stereocenters. The first-order chi connectivity index (χ1) is 12.7. The SMILES string of the molecule is O=C(NCc1ccco1)C(=O)NCC(c1cccnc1)N1CCOCC1. The molecule has 1 aliphatic rings. The van der Waals surface area contributed by atoms with Crippen LogP contribution in [0.1, 0.15) is 17.4 Å². The van der Waals surface area contributed by atoms with Crippen LogP contribution in [0.4, 0.5) is 0 Å². The van der Waals surface area contributed by atoms with E-state index in [-0.39, 0.29) is 12.6 Å². The molecule has 1 atom stereocenters. The molecule has 2 aromatic heterocycles. The van der Waals surface area contributed by atoms with Crippen molar-refractivity contribution in [2.75, 3.05) is 32.8 Å². The molecule has 1 saturated heterocycles. The number of amides is 2. The number of nitrogens with one attached hydrogen (secondary N) is 2. The van der Waals surface area contributed by atoms with E-state index in [1.54, 1.807) is 24.5 Å². The van der Waals surface area contributed by atoms with Crippen LogP contribution in [0.2, 0.25) is 0 Å². The van der Waals surface area contributed by atoms with Crippen molar-refractivity contribution in [2.45, 2.75) is 12.6 Å². The molecule has 0 bridgehead atoms. The normalized spacial score (nSPS) is 16.0. The van der Waals surface area contributed by atoms with E-state index in [0.29, 0.717) is 25.5 Å². The Bertz CT molecular complexity index is 699. The lowest BCUT2D eigenvalue weighted by Gasteiger charge is -2.34. The minimum absolute atomic E-state index is 0.0607. The molecule has 26 heavy (non-hydrogen) atoms. The molecule has 0 saturated carbocycles. The predicted molar refractivity (Wildman–Crippen MR) is 92.9 cm³/mol. The van der Waals surface area contributed by atoms with Crippen LogP contribution in [0.25, 0.3) is 0 Å². The summed E-state index contributed by atoms with van der Waals surface area (Å²) in [6.45, 7) is 3.32. The fourth-order valence-electron chi connectivity index (χ4n) is 2.85. The second-order valence-corrected chi connectivity index (χ2v) is 5.92. The van der Waals surface area contributed by atoms with E-state index in [1.807, 2.05) is 12.1 Å². The predicted octanol–water partition coefficient (Wildman–Crippen LogP) is 0.480. The van der Waals surface area contributed by atoms with Gasteiger partial charge in [-0.1, -0.05) is 6.07 Å². The number of furan rings is 1. The standard InChI is InChI=1S/C18H22N4O4/c23-17(20-12-15-4-2-8-26-15)18(24)21-13-16(14-3-1-5-19-11-14)22-6-9-25-10-7-22/h1-5,8,11,16H,6-7,9-10,12-13H2,(H,20,23)(H,21,24). The third kappa shape index (κ3) is 4.90. The number of morpholine rings is 1. The van der Waals surface area contributed by atoms with Gasteiger partial charge in [-0.2, -0.15) is 0 Å². The smallest absolute Gasteiger partial charge is 0.309 e. The zero-order valence-corrected chi connectivity index (χ0v) is 14.4. The number of carbonyl (C=O) groups is 2. The summed E-state index contributed by atoms with van der Waals surface area (Å²) in [5.41, 5.74) is 0.991. The Morgan fingerprint density at radius 1 is 1.15 bits per heavy atom. The second kappa shape index (κ2) is 9.12. The topological polar surface area (TPSA) is 96.7 Å². The highest BCUT2D eigenvalue weighted by atomic mass is 16.5. The van der Waals surface area contributed by atoms with Gasteiger partial charge in [0.25, 0.3) is 0 Å². The highest BCUT2D eigenvalue weighted by Gasteiger charge is 2.24. The number of hydrogen-bond donors (Lipinski definition) is 2. The van der Waals surface area contributed by atoms with Crippen molar-refractivity contribution in [1.29, 1.82) is 0 Å². The molecule has 2 amide bonds. The molecular weight excluding hydrogens is 336 g/mol. The molecule has 2 aromatic rings. The summed E-state index contributed by atoms with van der Waals surface area (Å²) >= 11 is 0. The molecule has 8 heteroatoms. The molecule has 1 aliphatic heterocycles. The lowest BCUT2D eigenvalue weighted by molar-refractivity contribution is -0.139. The van der Waals surface area contributed by atoms with E-state index in [0.717, 1.165) is 18.7 Å². The Morgan fingerprint density at radius 3 is 2.65 bits per heavy atom. The van der Waals surface area contributed by atoms with Gasteiger partial charge in [-0.05, 0) is 23.8 Å². The van der Waals surface area contributed by atoms with Gasteiger partial charge in [0.05, 0.1) is 32.1 Å². The van der Waals surface area contributed by atoms with Crippen LogP contribution < -0.4 is 10.6 Å². The Morgan fingerprint density at radius 2 is 1.96 bits per heavy atom. The quantitative estimate of drug-likeness (QED) is 0.729. The van der Waals surface area contributed by atoms with Crippen molar-refractivity contribution >= 4 is 11.8 Å². The summed E-state index contributed by atoms with van der Waals surface area (Å²) in [4.78, 5) is 30.4. The molecule has 3 rings (SSSR count). The number of aromatic nitrogens is 1. The maximum absolute atomic E-state index is 12.1. The summed E-state index contributed by atoms with van der Waals surface area (Å²) in [6, 6.07) is 7.23. The van der Waals surface area contributed by atoms with Gasteiger partial charge in [0.1, 0.15) is 5.76 Å². The van der Waals surface area contributed by atoms with Crippen LogP contribution in [0.5, 0.6) is 0 Å². The van der Waals surface area contributed by atoms with E-state index in [1.165, 1.54) is 6.26 Å². The third-order valence-electron chi connectivity index (χ3n) is 4.22. The molecular formula is C18H22N4O4. The van der Waals surface area contributed by atoms with Gasteiger partial charge in [0, 0.05) is 32.0 Å². The average molecular weight is 358 g/mol. The maximum atomic E-state index is 12.1. The fraction of sp³-hybridized carbons (Fsp3) is 0.389. The van der Waals surface area contributed by atoms with E-state index in [9.17, 15) is 9.59 Å². The van der Waals surface area contributed by atoms with E-state index in [2.05, 4.69) is 20.5 Å². The molecule has 3 heterocycles. The number of rotatable bonds is 6. The fourth-order valence-corrected chi connectivity index (χ4v) is 2.85. The summed E-state index contributed by atoms with van der Waals surface area (Å²) in [5.74, 6) is -0.764. The van der Waals surface area contributed by atoms with Crippen LogP contribution >= 0.6 is 0 Å². The monoisotopic (exact) mass is 358 g/mol. The van der Waals surface area contributed by atoms with Crippen molar-refractivity contribution in [2.24, 2.45) is 0 Å². The van der Waals surface area contributed by atoms with Crippen molar-refractivity contribution in [3.8, 4) is 0 Å². The molecule has 0 spiro atoms. The van der Waals surface area contributed by atoms with Gasteiger partial charge < -0.3 is 19.8 Å². The lowest BCUT2D eigenvalue weighted by Crippen LogP contribution is -2.46. The van der Waals surface area contributed by atoms with Crippen LogP contribution in [-0.2, 0) is 20.9 Å². The molecule has 8 nitrogen and oxygen atoms in total. The first-order valence-electron chi connectivity index (χ1n) is 8.54. The summed E-state index contributed by atoms with van der Waals surface area (Å²) in [7, 11) is 0. The number of nitrogens with zero attached hydrogens (tertiary/aromatic N) is 2. The molecule has 138 valence electrons. The van der Waals surface area contributed by atoms with Gasteiger partial charge in [0.15, 0.2) is 0 Å². The first-order valence-corrected chi connectivity index (χ1v) is 8.54. The molecule has 0 aliphatic carbocycles. The highest BCUT2D eigenvalue weighted by Crippen LogP contribution is 2.20. The van der Waals surface area contributed by atoms with Crippen LogP contribution in [-0.4, -0.2) is 54.5 Å². The summed E-state index contributed by atoms with van der Waals surface area (Å²) in [6.07, 6.45) is 5.01. The van der Waals surface area contributed by atoms with Crippen LogP contribution in [0, 0.1) is 0 Å². The summed E-state index contributed by atoms with van der Waals surface area (Å²) in [5, 5.41) is 5.25. The zero-order chi connectivity index (χ0) is 18.2. The van der Waals surface area contributed by atoms with Crippen molar-refractivity contribution < 1.29 is 18.7 Å². The van der Waals surface area contributed by atoms with Gasteiger partial charge in [-0.15, -0.1) is 0 Å². The Kier molecular flexibility index (Phi) is 6.34. The van der Waals surface area contributed by atoms with Gasteiger partial charge >= 0.3 is 11.8 Å². The van der Waals surface area contributed by atoms with E-state index < -0.39 is 11.8 Å². The second-order valence-electron chi connectivity index (χ2n) is 5.92. The van der Waals surface area contributed by atoms with Gasteiger partial charge in [-0.25, -0.2) is 0 Å². The summed E-state index contributed by atoms with van der Waals surface area (Å²) < 4.78 is 10.5. The average Bonchev–Trinajstić information content (AvgIpc) is 3.21. The van der Waals surface area contributed by atoms with Gasteiger partial charge in [-0.3, -0.25) is 19.5 Å². The van der Waals surface area contributed by atoms with Crippen molar-refractivity contribution in [1.82, 2.24) is 20.5 Å². The zero-order valence-electron chi connectivity index (χ0n) is 14.4. The first kappa shape index (κ1) is 18.1. The van der Waals surface area contributed by atoms with E-state index >= 15 is 0 Å². The number of pyridine rings is 1. The highest BCUT2D eigenvalue weighted by molar-refractivity contribution is 6.35. The maximum Gasteiger partial charge on any atom is 0.309 e. The van der Waals surface area contributed by atoms with Gasteiger partial charge in [0.2, 0.25) is 0 Å². The molecule has 2 N–H and O–H groups in total. The Balaban J connectivity index is 1.56. The number of carbonyl (C=O) groups excluding carboxylic acids is 2. The minimum Gasteiger partial charge on any atom is -0.467 e. The Hall–Kier alpha value is -2.71. The molecule has 0 radical (unpaired) electrons. The number of hydrogen-bond acceptors (Lipinski definition) is 6. The molecule has 1 fully saturated rings. The van der Waals surface area contributed by atoms with Crippen LogP contribution in [0.15, 0.2) is 47.3 Å². The Labute approximate surface area is 151 Å². The third-order valence-corrected chi connectivity index (χ3v) is 4.22.